The maximum Gasteiger partial charge on any atom is 0.147 e. The van der Waals surface area contributed by atoms with Crippen LogP contribution in [0, 0.1) is 0 Å². The van der Waals surface area contributed by atoms with Crippen LogP contribution in [-0.4, -0.2) is 0 Å². The molecule has 0 aliphatic carbocycles. The van der Waals surface area contributed by atoms with E-state index in [0.29, 0.717) is 27.4 Å². The van der Waals surface area contributed by atoms with Crippen molar-refractivity contribution in [2.24, 2.45) is 0 Å². The maximum absolute atomic E-state index is 6.11. The van der Waals surface area contributed by atoms with Crippen LogP contribution in [0.4, 0.5) is 0 Å². The number of benzene rings is 2. The zero-order chi connectivity index (χ0) is 14.0. The Bertz CT molecular complexity index is 617. The van der Waals surface area contributed by atoms with Crippen LogP contribution in [0.3, 0.4) is 0 Å². The first-order valence-electron chi connectivity index (χ1n) is 5.18. The van der Waals surface area contributed by atoms with Crippen LogP contribution in [0.2, 0.25) is 10.0 Å². The Labute approximate surface area is 143 Å². The van der Waals surface area contributed by atoms with Crippen molar-refractivity contribution in [2.45, 2.75) is 5.88 Å². The van der Waals surface area contributed by atoms with E-state index in [1.807, 2.05) is 18.2 Å². The van der Waals surface area contributed by atoms with E-state index in [1.165, 1.54) is 0 Å². The van der Waals surface area contributed by atoms with Crippen molar-refractivity contribution in [3.8, 4) is 11.5 Å². The van der Waals surface area contributed by atoms with Gasteiger partial charge in [0.1, 0.15) is 11.5 Å². The molecule has 2 aromatic carbocycles. The molecule has 0 N–H and O–H groups in total. The van der Waals surface area contributed by atoms with Crippen molar-refractivity contribution in [1.29, 1.82) is 0 Å². The van der Waals surface area contributed by atoms with Crippen LogP contribution < -0.4 is 4.74 Å². The van der Waals surface area contributed by atoms with Crippen molar-refractivity contribution < 1.29 is 4.74 Å². The second-order valence-electron chi connectivity index (χ2n) is 3.70. The number of hydrogen-bond donors (Lipinski definition) is 0. The average molecular weight is 445 g/mol. The molecule has 2 aromatic rings. The molecule has 0 heterocycles. The normalized spacial score (nSPS) is 10.6. The Hall–Kier alpha value is 0.0700. The van der Waals surface area contributed by atoms with E-state index in [-0.39, 0.29) is 0 Å². The summed E-state index contributed by atoms with van der Waals surface area (Å²) in [5.74, 6) is 1.59. The monoisotopic (exact) mass is 442 g/mol. The third-order valence-corrected chi connectivity index (χ3v) is 4.77. The lowest BCUT2D eigenvalue weighted by molar-refractivity contribution is 0.479. The second kappa shape index (κ2) is 6.68. The van der Waals surface area contributed by atoms with E-state index in [2.05, 4.69) is 31.9 Å². The van der Waals surface area contributed by atoms with Gasteiger partial charge in [-0.15, -0.1) is 11.6 Å². The van der Waals surface area contributed by atoms with Gasteiger partial charge in [0.25, 0.3) is 0 Å². The first kappa shape index (κ1) is 15.5. The van der Waals surface area contributed by atoms with Crippen molar-refractivity contribution >= 4 is 66.7 Å². The molecule has 0 radical (unpaired) electrons. The molecule has 0 amide bonds. The predicted octanol–water partition coefficient (Wildman–Crippen LogP) is 7.05. The molecular formula is C13H7Br2Cl3O. The predicted molar refractivity (Wildman–Crippen MR) is 87.9 cm³/mol. The van der Waals surface area contributed by atoms with E-state index in [1.54, 1.807) is 12.1 Å². The number of halogens is 5. The fourth-order valence-electron chi connectivity index (χ4n) is 1.41. The third kappa shape index (κ3) is 3.79. The van der Waals surface area contributed by atoms with Gasteiger partial charge in [-0.1, -0.05) is 29.3 Å². The van der Waals surface area contributed by atoms with Gasteiger partial charge in [0, 0.05) is 16.4 Å². The standard InChI is InChI=1S/C13H7Br2Cl3O/c14-8-4-11(18)13(5-10(8)17)19-12-2-1-7(6-16)3-9(12)15/h1-5H,6H2. The summed E-state index contributed by atoms with van der Waals surface area (Å²) in [6.45, 7) is 0. The second-order valence-corrected chi connectivity index (χ2v) is 6.49. The van der Waals surface area contributed by atoms with Crippen molar-refractivity contribution in [3.05, 3.63) is 54.9 Å². The van der Waals surface area contributed by atoms with Gasteiger partial charge in [-0.25, -0.2) is 0 Å². The van der Waals surface area contributed by atoms with Crippen LogP contribution in [0.25, 0.3) is 0 Å². The van der Waals surface area contributed by atoms with Crippen LogP contribution in [0.1, 0.15) is 5.56 Å². The molecule has 0 fully saturated rings. The summed E-state index contributed by atoms with van der Waals surface area (Å²) in [6, 6.07) is 8.97. The number of ether oxygens (including phenoxy) is 1. The topological polar surface area (TPSA) is 9.23 Å². The fourth-order valence-corrected chi connectivity index (χ4v) is 2.92. The van der Waals surface area contributed by atoms with Gasteiger partial charge >= 0.3 is 0 Å². The zero-order valence-electron chi connectivity index (χ0n) is 9.39. The molecule has 0 saturated heterocycles. The van der Waals surface area contributed by atoms with Crippen LogP contribution >= 0.6 is 66.7 Å². The van der Waals surface area contributed by atoms with E-state index >= 15 is 0 Å². The summed E-state index contributed by atoms with van der Waals surface area (Å²) in [5, 5.41) is 1.01. The van der Waals surface area contributed by atoms with Gasteiger partial charge in [0.2, 0.25) is 0 Å². The highest BCUT2D eigenvalue weighted by Gasteiger charge is 2.10. The molecule has 0 aliphatic heterocycles. The SMILES string of the molecule is ClCc1ccc(Oc2cc(Cl)c(Br)cc2Cl)c(Br)c1. The van der Waals surface area contributed by atoms with Crippen LogP contribution in [-0.2, 0) is 5.88 Å². The van der Waals surface area contributed by atoms with Crippen LogP contribution in [0.15, 0.2) is 39.3 Å². The summed E-state index contributed by atoms with van der Waals surface area (Å²) < 4.78 is 7.28. The molecule has 0 bridgehead atoms. The zero-order valence-corrected chi connectivity index (χ0v) is 14.8. The smallest absolute Gasteiger partial charge is 0.147 e. The molecular weight excluding hydrogens is 438 g/mol. The lowest BCUT2D eigenvalue weighted by Gasteiger charge is -2.11. The minimum atomic E-state index is 0.448. The molecule has 0 aliphatic rings. The Morgan fingerprint density at radius 3 is 2.26 bits per heavy atom. The molecule has 1 nitrogen and oxygen atoms in total. The molecule has 0 saturated carbocycles. The first-order chi connectivity index (χ1) is 9.01. The largest absolute Gasteiger partial charge is 0.455 e. The Balaban J connectivity index is 2.33. The van der Waals surface area contributed by atoms with Gasteiger partial charge < -0.3 is 4.74 Å². The number of hydrogen-bond acceptors (Lipinski definition) is 1. The van der Waals surface area contributed by atoms with Gasteiger partial charge in [0.15, 0.2) is 0 Å². The molecule has 6 heteroatoms. The highest BCUT2D eigenvalue weighted by atomic mass is 79.9. The molecule has 0 aromatic heterocycles. The molecule has 19 heavy (non-hydrogen) atoms. The summed E-state index contributed by atoms with van der Waals surface area (Å²) in [5.41, 5.74) is 1.00. The summed E-state index contributed by atoms with van der Waals surface area (Å²) >= 11 is 24.6. The molecule has 0 spiro atoms. The van der Waals surface area contributed by atoms with Crippen molar-refractivity contribution in [2.75, 3.05) is 0 Å². The Kier molecular flexibility index (Phi) is 5.44. The molecule has 2 rings (SSSR count). The lowest BCUT2D eigenvalue weighted by Crippen LogP contribution is -1.88. The van der Waals surface area contributed by atoms with E-state index in [9.17, 15) is 0 Å². The fraction of sp³-hybridized carbons (Fsp3) is 0.0769. The first-order valence-corrected chi connectivity index (χ1v) is 8.05. The van der Waals surface area contributed by atoms with Gasteiger partial charge in [-0.05, 0) is 55.6 Å². The van der Waals surface area contributed by atoms with Gasteiger partial charge in [0.05, 0.1) is 14.5 Å². The van der Waals surface area contributed by atoms with E-state index < -0.39 is 0 Å². The Morgan fingerprint density at radius 2 is 1.63 bits per heavy atom. The Morgan fingerprint density at radius 1 is 0.895 bits per heavy atom. The van der Waals surface area contributed by atoms with Crippen LogP contribution in [0.5, 0.6) is 11.5 Å². The minimum absolute atomic E-state index is 0.448. The average Bonchev–Trinajstić information content (AvgIpc) is 2.38. The van der Waals surface area contributed by atoms with Gasteiger partial charge in [-0.2, -0.15) is 0 Å². The highest BCUT2D eigenvalue weighted by Crippen LogP contribution is 2.38. The minimum Gasteiger partial charge on any atom is -0.455 e. The van der Waals surface area contributed by atoms with E-state index in [0.717, 1.165) is 14.5 Å². The summed E-state index contributed by atoms with van der Waals surface area (Å²) in [4.78, 5) is 0. The number of alkyl halides is 1. The highest BCUT2D eigenvalue weighted by molar-refractivity contribution is 9.10. The summed E-state index contributed by atoms with van der Waals surface area (Å²) in [6.07, 6.45) is 0. The summed E-state index contributed by atoms with van der Waals surface area (Å²) in [7, 11) is 0. The third-order valence-electron chi connectivity index (χ3n) is 2.35. The van der Waals surface area contributed by atoms with Gasteiger partial charge in [-0.3, -0.25) is 0 Å². The maximum atomic E-state index is 6.11. The molecule has 0 unspecified atom stereocenters. The molecule has 0 atom stereocenters. The molecule has 100 valence electrons. The van der Waals surface area contributed by atoms with Crippen molar-refractivity contribution in [1.82, 2.24) is 0 Å². The van der Waals surface area contributed by atoms with E-state index in [4.69, 9.17) is 39.5 Å². The lowest BCUT2D eigenvalue weighted by atomic mass is 10.2. The van der Waals surface area contributed by atoms with Crippen molar-refractivity contribution in [3.63, 3.8) is 0 Å². The quantitative estimate of drug-likeness (QED) is 0.363. The number of rotatable bonds is 3.